The largest absolute Gasteiger partial charge is 0.508 e. The number of carbonyl (C=O) groups is 1. The van der Waals surface area contributed by atoms with Crippen LogP contribution in [0, 0.1) is 6.92 Å². The van der Waals surface area contributed by atoms with Crippen molar-refractivity contribution in [1.29, 1.82) is 0 Å². The Morgan fingerprint density at radius 2 is 1.78 bits per heavy atom. The maximum Gasteiger partial charge on any atom is 0.312 e. The number of ether oxygens (including phenoxy) is 2. The summed E-state index contributed by atoms with van der Waals surface area (Å²) in [5, 5.41) is 10.3. The van der Waals surface area contributed by atoms with Gasteiger partial charge in [0.25, 0.3) is 11.1 Å². The summed E-state index contributed by atoms with van der Waals surface area (Å²) >= 11 is 0. The van der Waals surface area contributed by atoms with Gasteiger partial charge in [0.1, 0.15) is 17.2 Å². The Morgan fingerprint density at radius 3 is 2.50 bits per heavy atom. The van der Waals surface area contributed by atoms with Crippen molar-refractivity contribution >= 4 is 16.9 Å². The molecule has 4 aromatic rings. The van der Waals surface area contributed by atoms with E-state index in [1.165, 1.54) is 4.57 Å². The van der Waals surface area contributed by atoms with Crippen LogP contribution in [-0.4, -0.2) is 27.3 Å². The van der Waals surface area contributed by atoms with Gasteiger partial charge in [0.05, 0.1) is 24.6 Å². The molecular weight excluding hydrogens is 460 g/mol. The number of nitrogens with zero attached hydrogens (tertiary/aromatic N) is 2. The molecule has 1 atom stereocenters. The van der Waals surface area contributed by atoms with Gasteiger partial charge in [0, 0.05) is 42.9 Å². The lowest BCUT2D eigenvalue weighted by molar-refractivity contribution is -0.135. The molecule has 0 bridgehead atoms. The number of rotatable bonds is 5. The van der Waals surface area contributed by atoms with Crippen molar-refractivity contribution in [3.05, 3.63) is 97.7 Å². The number of aryl methyl sites for hydroxylation is 3. The summed E-state index contributed by atoms with van der Waals surface area (Å²) in [6.07, 6.45) is 0.476. The van der Waals surface area contributed by atoms with Gasteiger partial charge in [0.15, 0.2) is 0 Å². The second kappa shape index (κ2) is 9.03. The van der Waals surface area contributed by atoms with Crippen LogP contribution in [0.5, 0.6) is 17.2 Å². The third kappa shape index (κ3) is 4.04. The molecule has 5 rings (SSSR count). The average Bonchev–Trinajstić information content (AvgIpc) is 2.86. The molecule has 0 saturated carbocycles. The van der Waals surface area contributed by atoms with Gasteiger partial charge in [-0.15, -0.1) is 0 Å². The van der Waals surface area contributed by atoms with Gasteiger partial charge in [-0.1, -0.05) is 12.1 Å². The van der Waals surface area contributed by atoms with Gasteiger partial charge >= 0.3 is 5.97 Å². The smallest absolute Gasteiger partial charge is 0.312 e. The number of aromatic nitrogens is 2. The maximum absolute atomic E-state index is 13.7. The van der Waals surface area contributed by atoms with Crippen molar-refractivity contribution in [1.82, 2.24) is 9.13 Å². The Kier molecular flexibility index (Phi) is 5.88. The van der Waals surface area contributed by atoms with Crippen molar-refractivity contribution in [3.63, 3.8) is 0 Å². The van der Waals surface area contributed by atoms with Gasteiger partial charge in [-0.25, -0.2) is 0 Å². The van der Waals surface area contributed by atoms with E-state index < -0.39 is 11.9 Å². The Morgan fingerprint density at radius 1 is 1.03 bits per heavy atom. The zero-order valence-electron chi connectivity index (χ0n) is 20.3. The standard InChI is InChI=1S/C28H26N2O6/c1-16-12-24-26(28(34)30(16)11-10-17-4-7-19(31)8-5-17)21(15-25(32)36-24)22-13-18-6-9-20(35-3)14-23(18)29(2)27(22)33/h4-9,12-14,21,31H,10-11,15H2,1-3H3. The topological polar surface area (TPSA) is 99.8 Å². The molecule has 184 valence electrons. The van der Waals surface area contributed by atoms with Crippen LogP contribution in [0.1, 0.15) is 34.7 Å². The van der Waals surface area contributed by atoms with Crippen LogP contribution < -0.4 is 20.6 Å². The molecule has 1 aliphatic heterocycles. The number of phenols is 1. The lowest BCUT2D eigenvalue weighted by Crippen LogP contribution is -2.36. The molecule has 2 aromatic heterocycles. The molecule has 0 saturated heterocycles. The first-order valence-corrected chi connectivity index (χ1v) is 11.7. The molecule has 1 N–H and O–H groups in total. The number of carbonyl (C=O) groups excluding carboxylic acids is 1. The first-order valence-electron chi connectivity index (χ1n) is 11.7. The van der Waals surface area contributed by atoms with E-state index in [-0.39, 0.29) is 29.0 Å². The summed E-state index contributed by atoms with van der Waals surface area (Å²) in [6.45, 7) is 2.19. The normalized spacial score (nSPS) is 15.0. The Labute approximate surface area is 207 Å². The van der Waals surface area contributed by atoms with Gasteiger partial charge in [0.2, 0.25) is 0 Å². The first-order chi connectivity index (χ1) is 17.3. The predicted octanol–water partition coefficient (Wildman–Crippen LogP) is 3.41. The van der Waals surface area contributed by atoms with Crippen LogP contribution in [0.2, 0.25) is 0 Å². The zero-order valence-corrected chi connectivity index (χ0v) is 20.3. The van der Waals surface area contributed by atoms with E-state index in [2.05, 4.69) is 0 Å². The van der Waals surface area contributed by atoms with E-state index in [0.29, 0.717) is 41.1 Å². The van der Waals surface area contributed by atoms with Gasteiger partial charge in [-0.3, -0.25) is 14.4 Å². The van der Waals surface area contributed by atoms with Crippen molar-refractivity contribution in [2.24, 2.45) is 7.05 Å². The molecule has 0 radical (unpaired) electrons. The molecule has 1 aliphatic rings. The fourth-order valence-corrected chi connectivity index (χ4v) is 4.89. The molecule has 0 fully saturated rings. The highest BCUT2D eigenvalue weighted by Gasteiger charge is 2.34. The molecule has 36 heavy (non-hydrogen) atoms. The Balaban J connectivity index is 1.62. The van der Waals surface area contributed by atoms with Gasteiger partial charge < -0.3 is 23.7 Å². The number of hydrogen-bond acceptors (Lipinski definition) is 6. The number of benzene rings is 2. The minimum absolute atomic E-state index is 0.0971. The SMILES string of the molecule is COc1ccc2cc(C3CC(=O)Oc4cc(C)n(CCc5ccc(O)cc5)c(=O)c43)c(=O)n(C)c2c1. The zero-order chi connectivity index (χ0) is 25.6. The van der Waals surface area contributed by atoms with Crippen LogP contribution in [0.3, 0.4) is 0 Å². The highest BCUT2D eigenvalue weighted by atomic mass is 16.5. The van der Waals surface area contributed by atoms with E-state index in [1.807, 2.05) is 18.2 Å². The molecule has 2 aromatic carbocycles. The monoisotopic (exact) mass is 486 g/mol. The van der Waals surface area contributed by atoms with Crippen LogP contribution in [0.15, 0.2) is 64.2 Å². The molecule has 8 heteroatoms. The van der Waals surface area contributed by atoms with Gasteiger partial charge in [-0.05, 0) is 54.6 Å². The number of hydrogen-bond donors (Lipinski definition) is 1. The van der Waals surface area contributed by atoms with Crippen molar-refractivity contribution in [2.45, 2.75) is 32.2 Å². The number of phenolic OH excluding ortho intramolecular Hbond substituents is 1. The highest BCUT2D eigenvalue weighted by molar-refractivity contribution is 5.83. The third-order valence-corrected chi connectivity index (χ3v) is 6.85. The van der Waals surface area contributed by atoms with Crippen molar-refractivity contribution in [3.8, 4) is 17.2 Å². The molecule has 3 heterocycles. The first kappa shape index (κ1) is 23.4. The lowest BCUT2D eigenvalue weighted by atomic mass is 9.87. The average molecular weight is 487 g/mol. The summed E-state index contributed by atoms with van der Waals surface area (Å²) < 4.78 is 13.9. The minimum Gasteiger partial charge on any atom is -0.508 e. The highest BCUT2D eigenvalue weighted by Crippen LogP contribution is 2.37. The van der Waals surface area contributed by atoms with E-state index in [9.17, 15) is 19.5 Å². The molecule has 0 aliphatic carbocycles. The minimum atomic E-state index is -0.723. The third-order valence-electron chi connectivity index (χ3n) is 6.85. The quantitative estimate of drug-likeness (QED) is 0.434. The second-order valence-electron chi connectivity index (χ2n) is 9.06. The maximum atomic E-state index is 13.7. The molecule has 0 amide bonds. The summed E-state index contributed by atoms with van der Waals surface area (Å²) in [5.41, 5.74) is 2.45. The Hall–Kier alpha value is -4.33. The number of aromatic hydroxyl groups is 1. The van der Waals surface area contributed by atoms with Crippen LogP contribution in [-0.2, 0) is 24.8 Å². The fourth-order valence-electron chi connectivity index (χ4n) is 4.89. The van der Waals surface area contributed by atoms with E-state index in [4.69, 9.17) is 9.47 Å². The van der Waals surface area contributed by atoms with Crippen molar-refractivity contribution < 1.29 is 19.4 Å². The van der Waals surface area contributed by atoms with E-state index >= 15 is 0 Å². The molecular formula is C28H26N2O6. The van der Waals surface area contributed by atoms with E-state index in [0.717, 1.165) is 10.9 Å². The fraction of sp³-hybridized carbons (Fsp3) is 0.250. The predicted molar refractivity (Wildman–Crippen MR) is 135 cm³/mol. The van der Waals surface area contributed by atoms with E-state index in [1.54, 1.807) is 62.0 Å². The van der Waals surface area contributed by atoms with Crippen molar-refractivity contribution in [2.75, 3.05) is 7.11 Å². The van der Waals surface area contributed by atoms with Crippen LogP contribution in [0.25, 0.3) is 10.9 Å². The lowest BCUT2D eigenvalue weighted by Gasteiger charge is -2.26. The summed E-state index contributed by atoms with van der Waals surface area (Å²) in [6, 6.07) is 15.7. The van der Waals surface area contributed by atoms with Gasteiger partial charge in [-0.2, -0.15) is 0 Å². The summed E-state index contributed by atoms with van der Waals surface area (Å²) in [7, 11) is 3.23. The molecule has 8 nitrogen and oxygen atoms in total. The number of fused-ring (bicyclic) bond motifs is 2. The van der Waals surface area contributed by atoms with Crippen LogP contribution in [0.4, 0.5) is 0 Å². The number of pyridine rings is 2. The second-order valence-corrected chi connectivity index (χ2v) is 9.06. The summed E-state index contributed by atoms with van der Waals surface area (Å²) in [4.78, 5) is 39.7. The number of esters is 1. The summed E-state index contributed by atoms with van der Waals surface area (Å²) in [5.74, 6) is -0.189. The van der Waals surface area contributed by atoms with Crippen LogP contribution >= 0.6 is 0 Å². The molecule has 1 unspecified atom stereocenters. The Bertz CT molecular complexity index is 1610. The number of methoxy groups -OCH3 is 1. The molecule has 0 spiro atoms.